The number of para-hydroxylation sites is 1. The van der Waals surface area contributed by atoms with Crippen molar-refractivity contribution >= 4 is 17.5 Å². The number of morpholine rings is 1. The SMILES string of the molecule is CC(C)Oc1ccccc1/C=C/C(=O)c1ccc(N2CCOCC2)cc1. The number of benzene rings is 2. The molecule has 0 radical (unpaired) electrons. The van der Waals surface area contributed by atoms with Crippen molar-refractivity contribution in [2.45, 2.75) is 20.0 Å². The number of carbonyl (C=O) groups excluding carboxylic acids is 1. The van der Waals surface area contributed by atoms with Crippen LogP contribution in [0.15, 0.2) is 54.6 Å². The number of ketones is 1. The molecule has 0 bridgehead atoms. The number of hydrogen-bond acceptors (Lipinski definition) is 4. The molecule has 1 aliphatic heterocycles. The Kier molecular flexibility index (Phi) is 6.08. The number of anilines is 1. The molecular weight excluding hydrogens is 326 g/mol. The molecule has 1 heterocycles. The van der Waals surface area contributed by atoms with Gasteiger partial charge in [-0.1, -0.05) is 18.2 Å². The topological polar surface area (TPSA) is 38.8 Å². The van der Waals surface area contributed by atoms with Crippen LogP contribution in [0, 0.1) is 0 Å². The molecule has 26 heavy (non-hydrogen) atoms. The largest absolute Gasteiger partial charge is 0.490 e. The predicted molar refractivity (Wildman–Crippen MR) is 105 cm³/mol. The van der Waals surface area contributed by atoms with Crippen LogP contribution in [0.3, 0.4) is 0 Å². The van der Waals surface area contributed by atoms with Crippen molar-refractivity contribution in [3.8, 4) is 5.75 Å². The smallest absolute Gasteiger partial charge is 0.185 e. The quantitative estimate of drug-likeness (QED) is 0.577. The second kappa shape index (κ2) is 8.68. The predicted octanol–water partition coefficient (Wildman–Crippen LogP) is 4.21. The van der Waals surface area contributed by atoms with Crippen LogP contribution in [0.25, 0.3) is 6.08 Å². The Balaban J connectivity index is 1.69. The number of hydrogen-bond donors (Lipinski definition) is 0. The monoisotopic (exact) mass is 351 g/mol. The van der Waals surface area contributed by atoms with Crippen molar-refractivity contribution in [2.24, 2.45) is 0 Å². The first kappa shape index (κ1) is 18.2. The molecule has 0 N–H and O–H groups in total. The van der Waals surface area contributed by atoms with Gasteiger partial charge >= 0.3 is 0 Å². The first-order chi connectivity index (χ1) is 12.6. The van der Waals surface area contributed by atoms with E-state index in [1.807, 2.05) is 68.5 Å². The van der Waals surface area contributed by atoms with Gasteiger partial charge in [0.25, 0.3) is 0 Å². The lowest BCUT2D eigenvalue weighted by Gasteiger charge is -2.28. The van der Waals surface area contributed by atoms with Crippen LogP contribution in [0.1, 0.15) is 29.8 Å². The third kappa shape index (κ3) is 4.73. The molecule has 0 aliphatic carbocycles. The van der Waals surface area contributed by atoms with E-state index in [4.69, 9.17) is 9.47 Å². The lowest BCUT2D eigenvalue weighted by molar-refractivity contribution is 0.104. The summed E-state index contributed by atoms with van der Waals surface area (Å²) in [7, 11) is 0. The minimum absolute atomic E-state index is 0.0159. The Morgan fingerprint density at radius 2 is 1.77 bits per heavy atom. The average molecular weight is 351 g/mol. The van der Waals surface area contributed by atoms with Crippen molar-refractivity contribution in [1.29, 1.82) is 0 Å². The van der Waals surface area contributed by atoms with Gasteiger partial charge in [0.15, 0.2) is 5.78 Å². The summed E-state index contributed by atoms with van der Waals surface area (Å²) in [4.78, 5) is 14.7. The molecule has 136 valence electrons. The van der Waals surface area contributed by atoms with E-state index >= 15 is 0 Å². The van der Waals surface area contributed by atoms with E-state index in [9.17, 15) is 4.79 Å². The summed E-state index contributed by atoms with van der Waals surface area (Å²) in [5.74, 6) is 0.770. The van der Waals surface area contributed by atoms with Crippen molar-refractivity contribution in [2.75, 3.05) is 31.2 Å². The lowest BCUT2D eigenvalue weighted by atomic mass is 10.1. The molecule has 0 unspecified atom stereocenters. The Hall–Kier alpha value is -2.59. The fourth-order valence-electron chi connectivity index (χ4n) is 2.90. The summed E-state index contributed by atoms with van der Waals surface area (Å²) in [6, 6.07) is 15.5. The molecule has 4 heteroatoms. The summed E-state index contributed by atoms with van der Waals surface area (Å²) < 4.78 is 11.2. The van der Waals surface area contributed by atoms with Crippen LogP contribution < -0.4 is 9.64 Å². The normalized spacial score (nSPS) is 14.8. The van der Waals surface area contributed by atoms with Crippen molar-refractivity contribution in [3.63, 3.8) is 0 Å². The van der Waals surface area contributed by atoms with Crippen LogP contribution in [-0.2, 0) is 4.74 Å². The van der Waals surface area contributed by atoms with Crippen LogP contribution in [-0.4, -0.2) is 38.2 Å². The van der Waals surface area contributed by atoms with E-state index in [0.29, 0.717) is 5.56 Å². The number of rotatable bonds is 6. The fraction of sp³-hybridized carbons (Fsp3) is 0.318. The molecule has 0 atom stereocenters. The second-order valence-corrected chi connectivity index (χ2v) is 6.55. The molecule has 4 nitrogen and oxygen atoms in total. The molecule has 1 fully saturated rings. The Bertz CT molecular complexity index is 759. The van der Waals surface area contributed by atoms with Gasteiger partial charge in [0.1, 0.15) is 5.75 Å². The Labute approximate surface area is 155 Å². The van der Waals surface area contributed by atoms with E-state index in [0.717, 1.165) is 43.3 Å². The summed E-state index contributed by atoms with van der Waals surface area (Å²) in [6.07, 6.45) is 3.51. The van der Waals surface area contributed by atoms with Crippen LogP contribution >= 0.6 is 0 Å². The van der Waals surface area contributed by atoms with E-state index in [1.54, 1.807) is 6.08 Å². The van der Waals surface area contributed by atoms with Gasteiger partial charge < -0.3 is 14.4 Å². The van der Waals surface area contributed by atoms with Gasteiger partial charge in [-0.2, -0.15) is 0 Å². The molecule has 0 amide bonds. The summed E-state index contributed by atoms with van der Waals surface area (Å²) in [5, 5.41) is 0. The molecule has 1 saturated heterocycles. The molecule has 2 aromatic carbocycles. The van der Waals surface area contributed by atoms with Gasteiger partial charge in [-0.15, -0.1) is 0 Å². The van der Waals surface area contributed by atoms with Gasteiger partial charge in [-0.05, 0) is 56.3 Å². The van der Waals surface area contributed by atoms with Crippen molar-refractivity contribution in [3.05, 3.63) is 65.7 Å². The van der Waals surface area contributed by atoms with Gasteiger partial charge in [0.2, 0.25) is 0 Å². The summed E-state index contributed by atoms with van der Waals surface area (Å²) in [5.41, 5.74) is 2.71. The molecule has 0 saturated carbocycles. The number of carbonyl (C=O) groups is 1. The zero-order valence-corrected chi connectivity index (χ0v) is 15.4. The molecule has 0 spiro atoms. The lowest BCUT2D eigenvalue weighted by Crippen LogP contribution is -2.36. The van der Waals surface area contributed by atoms with Crippen LogP contribution in [0.5, 0.6) is 5.75 Å². The first-order valence-corrected chi connectivity index (χ1v) is 9.04. The fourth-order valence-corrected chi connectivity index (χ4v) is 2.90. The van der Waals surface area contributed by atoms with E-state index in [-0.39, 0.29) is 11.9 Å². The Morgan fingerprint density at radius 1 is 1.08 bits per heavy atom. The maximum absolute atomic E-state index is 12.5. The molecule has 2 aromatic rings. The van der Waals surface area contributed by atoms with Gasteiger partial charge in [0, 0.05) is 29.9 Å². The highest BCUT2D eigenvalue weighted by molar-refractivity contribution is 6.07. The third-order valence-electron chi connectivity index (χ3n) is 4.22. The maximum atomic E-state index is 12.5. The van der Waals surface area contributed by atoms with E-state index < -0.39 is 0 Å². The zero-order valence-electron chi connectivity index (χ0n) is 15.4. The van der Waals surface area contributed by atoms with Crippen LogP contribution in [0.4, 0.5) is 5.69 Å². The highest BCUT2D eigenvalue weighted by Gasteiger charge is 2.11. The van der Waals surface area contributed by atoms with E-state index in [1.165, 1.54) is 0 Å². The minimum atomic E-state index is -0.0159. The number of ether oxygens (including phenoxy) is 2. The van der Waals surface area contributed by atoms with E-state index in [2.05, 4.69) is 4.90 Å². The molecule has 0 aromatic heterocycles. The average Bonchev–Trinajstić information content (AvgIpc) is 2.67. The zero-order chi connectivity index (χ0) is 18.4. The van der Waals surface area contributed by atoms with Gasteiger partial charge in [-0.3, -0.25) is 4.79 Å². The molecule has 1 aliphatic rings. The number of allylic oxidation sites excluding steroid dienone is 1. The van der Waals surface area contributed by atoms with Crippen molar-refractivity contribution in [1.82, 2.24) is 0 Å². The summed E-state index contributed by atoms with van der Waals surface area (Å²) >= 11 is 0. The van der Waals surface area contributed by atoms with Gasteiger partial charge in [0.05, 0.1) is 19.3 Å². The Morgan fingerprint density at radius 3 is 2.46 bits per heavy atom. The highest BCUT2D eigenvalue weighted by Crippen LogP contribution is 2.22. The third-order valence-corrected chi connectivity index (χ3v) is 4.22. The standard InChI is InChI=1S/C22H25NO3/c1-17(2)26-22-6-4-3-5-19(22)9-12-21(24)18-7-10-20(11-8-18)23-13-15-25-16-14-23/h3-12,17H,13-16H2,1-2H3/b12-9+. The van der Waals surface area contributed by atoms with Crippen molar-refractivity contribution < 1.29 is 14.3 Å². The number of nitrogens with zero attached hydrogens (tertiary/aromatic N) is 1. The summed E-state index contributed by atoms with van der Waals surface area (Å²) in [6.45, 7) is 7.26. The highest BCUT2D eigenvalue weighted by atomic mass is 16.5. The molecule has 3 rings (SSSR count). The van der Waals surface area contributed by atoms with Gasteiger partial charge in [-0.25, -0.2) is 0 Å². The second-order valence-electron chi connectivity index (χ2n) is 6.55. The van der Waals surface area contributed by atoms with Crippen LogP contribution in [0.2, 0.25) is 0 Å². The minimum Gasteiger partial charge on any atom is -0.490 e. The molecular formula is C22H25NO3. The first-order valence-electron chi connectivity index (χ1n) is 9.04. The maximum Gasteiger partial charge on any atom is 0.185 e.